The Balaban J connectivity index is 1.25. The molecule has 1 N–H and O–H groups in total. The van der Waals surface area contributed by atoms with E-state index in [0.29, 0.717) is 6.04 Å². The fraction of sp³-hybridized carbons (Fsp3) is 0.240. The van der Waals surface area contributed by atoms with Crippen LogP contribution in [0, 0.1) is 13.8 Å². The van der Waals surface area contributed by atoms with E-state index in [2.05, 4.69) is 92.6 Å². The molecule has 0 unspecified atom stereocenters. The van der Waals surface area contributed by atoms with Crippen molar-refractivity contribution in [2.75, 3.05) is 0 Å². The van der Waals surface area contributed by atoms with Crippen LogP contribution in [0.5, 0.6) is 0 Å². The number of hydrogen-bond acceptors (Lipinski definition) is 4. The van der Waals surface area contributed by atoms with Crippen LogP contribution in [-0.4, -0.2) is 29.5 Å². The molecule has 5 aromatic rings. The maximum atomic E-state index is 4.61. The summed E-state index contributed by atoms with van der Waals surface area (Å²) in [4.78, 5) is 3.37. The summed E-state index contributed by atoms with van der Waals surface area (Å²) >= 11 is 1.76. The van der Waals surface area contributed by atoms with Gasteiger partial charge in [0, 0.05) is 40.2 Å². The van der Waals surface area contributed by atoms with E-state index in [0.717, 1.165) is 44.9 Å². The first kappa shape index (κ1) is 19.4. The third-order valence-electron chi connectivity index (χ3n) is 5.97. The predicted molar refractivity (Wildman–Crippen MR) is 128 cm³/mol. The van der Waals surface area contributed by atoms with Crippen LogP contribution in [0.15, 0.2) is 66.0 Å². The molecule has 3 aromatic heterocycles. The summed E-state index contributed by atoms with van der Waals surface area (Å²) < 4.78 is 4.33. The topological polar surface area (TPSA) is 64.3 Å². The first-order valence-electron chi connectivity index (χ1n) is 10.9. The van der Waals surface area contributed by atoms with Crippen LogP contribution >= 0.6 is 11.8 Å². The van der Waals surface area contributed by atoms with Gasteiger partial charge < -0.3 is 4.98 Å². The molecule has 1 aliphatic rings. The standard InChI is InChI=1S/C25H24N6S/c1-16-13-17(2)31(29-16)20-9-7-18(8-10-20)15-32-25-28-27-24(30(25)19-11-12-19)22-14-26-23-6-4-3-5-21(22)23/h3-10,13-14,19,26H,11-12,15H2,1-2H3. The van der Waals surface area contributed by atoms with Crippen molar-refractivity contribution in [2.45, 2.75) is 43.6 Å². The van der Waals surface area contributed by atoms with Gasteiger partial charge in [0.25, 0.3) is 0 Å². The number of nitrogens with zero attached hydrogens (tertiary/aromatic N) is 5. The average Bonchev–Trinajstić information content (AvgIpc) is 3.26. The molecule has 6 nitrogen and oxygen atoms in total. The lowest BCUT2D eigenvalue weighted by Gasteiger charge is -2.09. The summed E-state index contributed by atoms with van der Waals surface area (Å²) in [5, 5.41) is 16.0. The highest BCUT2D eigenvalue weighted by Gasteiger charge is 2.30. The number of H-pyrrole nitrogens is 1. The third-order valence-corrected chi connectivity index (χ3v) is 6.98. The van der Waals surface area contributed by atoms with Crippen LogP contribution < -0.4 is 0 Å². The fourth-order valence-electron chi connectivity index (χ4n) is 4.25. The minimum absolute atomic E-state index is 0.504. The molecule has 32 heavy (non-hydrogen) atoms. The van der Waals surface area contributed by atoms with E-state index in [9.17, 15) is 0 Å². The van der Waals surface area contributed by atoms with Crippen molar-refractivity contribution in [2.24, 2.45) is 0 Å². The van der Waals surface area contributed by atoms with Crippen LogP contribution in [0.1, 0.15) is 35.8 Å². The highest BCUT2D eigenvalue weighted by molar-refractivity contribution is 7.98. The van der Waals surface area contributed by atoms with Crippen molar-refractivity contribution in [3.8, 4) is 17.1 Å². The monoisotopic (exact) mass is 440 g/mol. The Kier molecular flexibility index (Phi) is 4.64. The average molecular weight is 441 g/mol. The van der Waals surface area contributed by atoms with Crippen molar-refractivity contribution in [3.05, 3.63) is 77.7 Å². The smallest absolute Gasteiger partial charge is 0.192 e. The van der Waals surface area contributed by atoms with Gasteiger partial charge in [-0.1, -0.05) is 42.1 Å². The lowest BCUT2D eigenvalue weighted by Crippen LogP contribution is -2.00. The lowest BCUT2D eigenvalue weighted by molar-refractivity contribution is 0.669. The molecule has 7 heteroatoms. The van der Waals surface area contributed by atoms with Gasteiger partial charge in [0.05, 0.1) is 11.4 Å². The fourth-order valence-corrected chi connectivity index (χ4v) is 5.21. The Labute approximate surface area is 190 Å². The second-order valence-electron chi connectivity index (χ2n) is 8.45. The summed E-state index contributed by atoms with van der Waals surface area (Å²) in [7, 11) is 0. The van der Waals surface area contributed by atoms with Gasteiger partial charge in [-0.3, -0.25) is 4.57 Å². The second kappa shape index (κ2) is 7.67. The Morgan fingerprint density at radius 1 is 1.03 bits per heavy atom. The molecule has 0 atom stereocenters. The summed E-state index contributed by atoms with van der Waals surface area (Å²) in [5.41, 5.74) is 6.79. The molecular formula is C25H24N6S. The zero-order chi connectivity index (χ0) is 21.7. The molecule has 0 saturated heterocycles. The van der Waals surface area contributed by atoms with Crippen LogP contribution in [0.25, 0.3) is 28.0 Å². The van der Waals surface area contributed by atoms with Crippen LogP contribution in [-0.2, 0) is 5.75 Å². The lowest BCUT2D eigenvalue weighted by atomic mass is 10.1. The molecule has 0 amide bonds. The third kappa shape index (κ3) is 3.42. The molecule has 160 valence electrons. The molecule has 0 radical (unpaired) electrons. The summed E-state index contributed by atoms with van der Waals surface area (Å²) in [6.45, 7) is 4.11. The van der Waals surface area contributed by atoms with Crippen LogP contribution in [0.2, 0.25) is 0 Å². The number of aryl methyl sites for hydroxylation is 2. The van der Waals surface area contributed by atoms with Gasteiger partial charge in [0.1, 0.15) is 0 Å². The van der Waals surface area contributed by atoms with Gasteiger partial charge in [-0.05, 0) is 56.5 Å². The minimum Gasteiger partial charge on any atom is -0.360 e. The van der Waals surface area contributed by atoms with Crippen molar-refractivity contribution in [3.63, 3.8) is 0 Å². The van der Waals surface area contributed by atoms with Gasteiger partial charge >= 0.3 is 0 Å². The minimum atomic E-state index is 0.504. The number of fused-ring (bicyclic) bond motifs is 1. The highest BCUT2D eigenvalue weighted by Crippen LogP contribution is 2.42. The van der Waals surface area contributed by atoms with Crippen LogP contribution in [0.4, 0.5) is 0 Å². The van der Waals surface area contributed by atoms with Crippen molar-refractivity contribution < 1.29 is 0 Å². The number of rotatable bonds is 6. The maximum Gasteiger partial charge on any atom is 0.192 e. The molecule has 0 bridgehead atoms. The molecule has 1 fully saturated rings. The van der Waals surface area contributed by atoms with E-state index in [4.69, 9.17) is 0 Å². The molecule has 6 rings (SSSR count). The molecule has 2 aromatic carbocycles. The Hall–Kier alpha value is -3.32. The van der Waals surface area contributed by atoms with E-state index < -0.39 is 0 Å². The van der Waals surface area contributed by atoms with E-state index in [1.165, 1.54) is 23.8 Å². The molecular weight excluding hydrogens is 416 g/mol. The number of para-hydroxylation sites is 1. The second-order valence-corrected chi connectivity index (χ2v) is 9.39. The molecule has 0 aliphatic heterocycles. The van der Waals surface area contributed by atoms with Crippen molar-refractivity contribution in [1.82, 2.24) is 29.5 Å². The first-order chi connectivity index (χ1) is 15.7. The van der Waals surface area contributed by atoms with E-state index >= 15 is 0 Å². The predicted octanol–water partition coefficient (Wildman–Crippen LogP) is 5.86. The largest absolute Gasteiger partial charge is 0.360 e. The molecule has 3 heterocycles. The Bertz CT molecular complexity index is 1400. The number of benzene rings is 2. The quantitative estimate of drug-likeness (QED) is 0.336. The molecule has 0 spiro atoms. The zero-order valence-electron chi connectivity index (χ0n) is 18.1. The van der Waals surface area contributed by atoms with Crippen molar-refractivity contribution in [1.29, 1.82) is 0 Å². The van der Waals surface area contributed by atoms with Crippen molar-refractivity contribution >= 4 is 22.7 Å². The Morgan fingerprint density at radius 2 is 1.84 bits per heavy atom. The Morgan fingerprint density at radius 3 is 2.59 bits per heavy atom. The van der Waals surface area contributed by atoms with Gasteiger partial charge in [-0.15, -0.1) is 10.2 Å². The molecule has 1 aliphatic carbocycles. The number of aromatic amines is 1. The van der Waals surface area contributed by atoms with E-state index in [1.807, 2.05) is 11.6 Å². The summed E-state index contributed by atoms with van der Waals surface area (Å²) in [6.07, 6.45) is 4.44. The van der Waals surface area contributed by atoms with Gasteiger partial charge in [0.15, 0.2) is 11.0 Å². The summed E-state index contributed by atoms with van der Waals surface area (Å²) in [5.74, 6) is 1.82. The SMILES string of the molecule is Cc1cc(C)n(-c2ccc(CSc3nnc(-c4c[nH]c5ccccc45)n3C3CC3)cc2)n1. The molecule has 1 saturated carbocycles. The number of thioether (sulfide) groups is 1. The normalized spacial score (nSPS) is 13.8. The van der Waals surface area contributed by atoms with Gasteiger partial charge in [0.2, 0.25) is 0 Å². The summed E-state index contributed by atoms with van der Waals surface area (Å²) in [6, 6.07) is 19.6. The maximum absolute atomic E-state index is 4.61. The number of hydrogen-bond donors (Lipinski definition) is 1. The number of nitrogens with one attached hydrogen (secondary N) is 1. The van der Waals surface area contributed by atoms with E-state index in [1.54, 1.807) is 11.8 Å². The first-order valence-corrected chi connectivity index (χ1v) is 11.9. The number of aromatic nitrogens is 6. The van der Waals surface area contributed by atoms with Crippen LogP contribution in [0.3, 0.4) is 0 Å². The zero-order valence-corrected chi connectivity index (χ0v) is 18.9. The van der Waals surface area contributed by atoms with Gasteiger partial charge in [-0.2, -0.15) is 5.10 Å². The van der Waals surface area contributed by atoms with Gasteiger partial charge in [-0.25, -0.2) is 4.68 Å². The van der Waals surface area contributed by atoms with E-state index in [-0.39, 0.29) is 0 Å². The highest BCUT2D eigenvalue weighted by atomic mass is 32.2.